The molecule has 1 aromatic rings. The van der Waals surface area contributed by atoms with Gasteiger partial charge in [0.25, 0.3) is 0 Å². The molecule has 4 nitrogen and oxygen atoms in total. The topological polar surface area (TPSA) is 64.9 Å². The second-order valence-electron chi connectivity index (χ2n) is 6.62. The molecule has 2 saturated carbocycles. The number of aromatic nitrogens is 2. The van der Waals surface area contributed by atoms with Gasteiger partial charge in [-0.05, 0) is 30.1 Å². The van der Waals surface area contributed by atoms with Gasteiger partial charge in [0.1, 0.15) is 0 Å². The maximum Gasteiger partial charge on any atom is 0.230 e. The third-order valence-electron chi connectivity index (χ3n) is 4.36. The number of fused-ring (bicyclic) bond motifs is 1. The van der Waals surface area contributed by atoms with Crippen LogP contribution in [0.1, 0.15) is 63.7 Å². The van der Waals surface area contributed by atoms with Crippen LogP contribution in [0.2, 0.25) is 0 Å². The van der Waals surface area contributed by atoms with Crippen LogP contribution in [0, 0.1) is 17.3 Å². The summed E-state index contributed by atoms with van der Waals surface area (Å²) < 4.78 is 5.40. The van der Waals surface area contributed by atoms with E-state index in [0.717, 1.165) is 17.7 Å². The van der Waals surface area contributed by atoms with E-state index in [1.54, 1.807) is 0 Å². The van der Waals surface area contributed by atoms with Crippen molar-refractivity contribution in [2.24, 2.45) is 23.0 Å². The first-order valence-corrected chi connectivity index (χ1v) is 6.57. The van der Waals surface area contributed by atoms with Gasteiger partial charge in [-0.25, -0.2) is 0 Å². The van der Waals surface area contributed by atoms with Crippen LogP contribution in [-0.4, -0.2) is 10.1 Å². The number of hydrogen-bond donors (Lipinski definition) is 1. The zero-order chi connectivity index (χ0) is 12.2. The van der Waals surface area contributed by atoms with Crippen molar-refractivity contribution in [2.75, 3.05) is 0 Å². The smallest absolute Gasteiger partial charge is 0.230 e. The molecule has 0 aromatic carbocycles. The largest absolute Gasteiger partial charge is 0.339 e. The zero-order valence-corrected chi connectivity index (χ0v) is 10.8. The molecule has 0 saturated heterocycles. The molecular weight excluding hydrogens is 214 g/mol. The Morgan fingerprint density at radius 2 is 1.94 bits per heavy atom. The van der Waals surface area contributed by atoms with Crippen LogP contribution in [0.15, 0.2) is 4.52 Å². The van der Waals surface area contributed by atoms with Gasteiger partial charge >= 0.3 is 0 Å². The average molecular weight is 235 g/mol. The highest BCUT2D eigenvalue weighted by Crippen LogP contribution is 2.62. The minimum Gasteiger partial charge on any atom is -0.339 e. The summed E-state index contributed by atoms with van der Waals surface area (Å²) in [6.45, 7) is 6.29. The average Bonchev–Trinajstić information content (AvgIpc) is 2.74. The molecule has 2 aliphatic rings. The summed E-state index contributed by atoms with van der Waals surface area (Å²) in [5.41, 5.74) is 6.11. The summed E-state index contributed by atoms with van der Waals surface area (Å²) in [6, 6.07) is -0.154. The summed E-state index contributed by atoms with van der Waals surface area (Å²) in [6.07, 6.45) is 4.03. The van der Waals surface area contributed by atoms with Gasteiger partial charge in [-0.2, -0.15) is 4.98 Å². The van der Waals surface area contributed by atoms with Gasteiger partial charge in [-0.3, -0.25) is 0 Å². The van der Waals surface area contributed by atoms with Crippen molar-refractivity contribution in [3.8, 4) is 0 Å². The minimum absolute atomic E-state index is 0.0272. The maximum absolute atomic E-state index is 6.14. The monoisotopic (exact) mass is 235 g/mol. The van der Waals surface area contributed by atoms with E-state index in [1.807, 2.05) is 0 Å². The van der Waals surface area contributed by atoms with E-state index in [1.165, 1.54) is 19.3 Å². The summed E-state index contributed by atoms with van der Waals surface area (Å²) in [5.74, 6) is 3.66. The fourth-order valence-corrected chi connectivity index (χ4v) is 3.08. The lowest BCUT2D eigenvalue weighted by atomic mass is 9.87. The predicted molar refractivity (Wildman–Crippen MR) is 64.3 cm³/mol. The SMILES string of the molecule is CC(C)(C)C(N)c1noc(C2C3CCCC32)n1. The van der Waals surface area contributed by atoms with E-state index in [9.17, 15) is 0 Å². The van der Waals surface area contributed by atoms with Crippen molar-refractivity contribution in [3.05, 3.63) is 11.7 Å². The normalized spacial score (nSPS) is 33.5. The molecule has 1 heterocycles. The Morgan fingerprint density at radius 3 is 2.53 bits per heavy atom. The molecule has 3 rings (SSSR count). The van der Waals surface area contributed by atoms with Gasteiger partial charge in [0.2, 0.25) is 5.89 Å². The molecule has 0 spiro atoms. The van der Waals surface area contributed by atoms with Gasteiger partial charge in [0, 0.05) is 5.92 Å². The molecule has 0 aliphatic heterocycles. The number of nitrogens with two attached hydrogens (primary N) is 1. The van der Waals surface area contributed by atoms with Gasteiger partial charge in [-0.15, -0.1) is 0 Å². The summed E-state index contributed by atoms with van der Waals surface area (Å²) in [4.78, 5) is 4.52. The van der Waals surface area contributed by atoms with Crippen LogP contribution in [0.4, 0.5) is 0 Å². The highest BCUT2D eigenvalue weighted by molar-refractivity contribution is 5.16. The second-order valence-corrected chi connectivity index (χ2v) is 6.62. The number of nitrogens with zero attached hydrogens (tertiary/aromatic N) is 2. The Hall–Kier alpha value is -0.900. The number of hydrogen-bond acceptors (Lipinski definition) is 4. The quantitative estimate of drug-likeness (QED) is 0.855. The van der Waals surface area contributed by atoms with Crippen LogP contribution in [0.3, 0.4) is 0 Å². The van der Waals surface area contributed by atoms with E-state index in [4.69, 9.17) is 10.3 Å². The van der Waals surface area contributed by atoms with Crippen molar-refractivity contribution in [2.45, 2.75) is 52.0 Å². The molecule has 94 valence electrons. The molecule has 1 aromatic heterocycles. The van der Waals surface area contributed by atoms with Gasteiger partial charge in [0.15, 0.2) is 5.82 Å². The van der Waals surface area contributed by atoms with Crippen LogP contribution < -0.4 is 5.73 Å². The predicted octanol–water partition coefficient (Wildman–Crippen LogP) is 2.63. The molecular formula is C13H21N3O. The lowest BCUT2D eigenvalue weighted by Gasteiger charge is -2.23. The Labute approximate surface area is 102 Å². The molecule has 0 amide bonds. The lowest BCUT2D eigenvalue weighted by molar-refractivity contribution is 0.299. The van der Waals surface area contributed by atoms with Crippen molar-refractivity contribution >= 4 is 0 Å². The first kappa shape index (κ1) is 11.2. The lowest BCUT2D eigenvalue weighted by Crippen LogP contribution is -2.27. The Kier molecular flexibility index (Phi) is 2.34. The Balaban J connectivity index is 1.75. The molecule has 0 radical (unpaired) electrons. The number of rotatable bonds is 2. The van der Waals surface area contributed by atoms with Crippen LogP contribution in [0.25, 0.3) is 0 Å². The fourth-order valence-electron chi connectivity index (χ4n) is 3.08. The van der Waals surface area contributed by atoms with Crippen molar-refractivity contribution < 1.29 is 4.52 Å². The molecule has 3 atom stereocenters. The van der Waals surface area contributed by atoms with E-state index < -0.39 is 0 Å². The van der Waals surface area contributed by atoms with E-state index in [0.29, 0.717) is 11.7 Å². The third kappa shape index (κ3) is 1.79. The minimum atomic E-state index is -0.154. The second kappa shape index (κ2) is 3.55. The molecule has 2 fully saturated rings. The molecule has 2 N–H and O–H groups in total. The molecule has 17 heavy (non-hydrogen) atoms. The third-order valence-corrected chi connectivity index (χ3v) is 4.36. The van der Waals surface area contributed by atoms with Crippen molar-refractivity contribution in [3.63, 3.8) is 0 Å². The van der Waals surface area contributed by atoms with E-state index in [2.05, 4.69) is 30.9 Å². The fraction of sp³-hybridized carbons (Fsp3) is 0.846. The van der Waals surface area contributed by atoms with E-state index in [-0.39, 0.29) is 11.5 Å². The Bertz CT molecular complexity index is 411. The standard InChI is InChI=1S/C13H21N3O/c1-13(2,3)10(14)11-15-12(17-16-11)9-7-5-4-6-8(7)9/h7-10H,4-6,14H2,1-3H3. The van der Waals surface area contributed by atoms with Crippen molar-refractivity contribution in [1.29, 1.82) is 0 Å². The van der Waals surface area contributed by atoms with Gasteiger partial charge in [0.05, 0.1) is 6.04 Å². The molecule has 2 aliphatic carbocycles. The molecule has 3 unspecified atom stereocenters. The van der Waals surface area contributed by atoms with Crippen LogP contribution >= 0.6 is 0 Å². The van der Waals surface area contributed by atoms with Crippen LogP contribution in [-0.2, 0) is 0 Å². The highest BCUT2D eigenvalue weighted by atomic mass is 16.5. The summed E-state index contributed by atoms with van der Waals surface area (Å²) >= 11 is 0. The molecule has 0 bridgehead atoms. The first-order valence-electron chi connectivity index (χ1n) is 6.57. The Morgan fingerprint density at radius 1 is 1.29 bits per heavy atom. The van der Waals surface area contributed by atoms with Gasteiger partial charge in [-0.1, -0.05) is 32.3 Å². The summed E-state index contributed by atoms with van der Waals surface area (Å²) in [7, 11) is 0. The highest BCUT2D eigenvalue weighted by Gasteiger charge is 2.56. The maximum atomic E-state index is 6.14. The summed E-state index contributed by atoms with van der Waals surface area (Å²) in [5, 5.41) is 4.06. The van der Waals surface area contributed by atoms with Crippen LogP contribution in [0.5, 0.6) is 0 Å². The molecule has 4 heteroatoms. The van der Waals surface area contributed by atoms with Crippen molar-refractivity contribution in [1.82, 2.24) is 10.1 Å². The zero-order valence-electron chi connectivity index (χ0n) is 10.8. The first-order chi connectivity index (χ1) is 7.98. The van der Waals surface area contributed by atoms with Gasteiger partial charge < -0.3 is 10.3 Å². The van der Waals surface area contributed by atoms with E-state index >= 15 is 0 Å².